The maximum Gasteiger partial charge on any atom is 0.312 e. The zero-order valence-corrected chi connectivity index (χ0v) is 10.9. The number of esters is 1. The van der Waals surface area contributed by atoms with E-state index in [9.17, 15) is 4.79 Å². The lowest BCUT2D eigenvalue weighted by atomic mass is 9.99. The van der Waals surface area contributed by atoms with Gasteiger partial charge in [0.2, 0.25) is 0 Å². The predicted molar refractivity (Wildman–Crippen MR) is 69.1 cm³/mol. The standard InChI is InChI=1S/C12H13NO4S/c1-15-10(14)7-12(16-2)8-5-3-4-6-9(8)13-11(18)17-12/h3-6H,7H2,1-2H3,(H,13,18). The Morgan fingerprint density at radius 2 is 2.17 bits per heavy atom. The van der Waals surface area contributed by atoms with Crippen molar-refractivity contribution in [1.29, 1.82) is 0 Å². The minimum Gasteiger partial charge on any atom is -0.469 e. The Kier molecular flexibility index (Phi) is 3.49. The highest BCUT2D eigenvalue weighted by Gasteiger charge is 2.43. The second kappa shape index (κ2) is 4.91. The van der Waals surface area contributed by atoms with E-state index in [2.05, 4.69) is 10.1 Å². The van der Waals surface area contributed by atoms with Gasteiger partial charge in [-0.25, -0.2) is 0 Å². The van der Waals surface area contributed by atoms with Gasteiger partial charge >= 0.3 is 5.97 Å². The smallest absolute Gasteiger partial charge is 0.312 e. The van der Waals surface area contributed by atoms with Crippen molar-refractivity contribution in [2.45, 2.75) is 12.2 Å². The van der Waals surface area contributed by atoms with Gasteiger partial charge in [-0.3, -0.25) is 4.79 Å². The van der Waals surface area contributed by atoms with Crippen LogP contribution in [0.2, 0.25) is 0 Å². The third-order valence-electron chi connectivity index (χ3n) is 2.77. The van der Waals surface area contributed by atoms with Crippen LogP contribution in [0.5, 0.6) is 0 Å². The number of nitrogens with one attached hydrogen (secondary N) is 1. The van der Waals surface area contributed by atoms with Crippen LogP contribution in [0.4, 0.5) is 5.69 Å². The van der Waals surface area contributed by atoms with Crippen molar-refractivity contribution in [2.75, 3.05) is 19.5 Å². The van der Waals surface area contributed by atoms with Crippen LogP contribution in [0.1, 0.15) is 12.0 Å². The van der Waals surface area contributed by atoms with Crippen molar-refractivity contribution in [3.05, 3.63) is 29.8 Å². The number of ether oxygens (including phenoxy) is 3. The van der Waals surface area contributed by atoms with E-state index >= 15 is 0 Å². The normalized spacial score (nSPS) is 21.6. The molecule has 0 aromatic heterocycles. The number of hydrogen-bond donors (Lipinski definition) is 1. The molecule has 0 saturated carbocycles. The summed E-state index contributed by atoms with van der Waals surface area (Å²) in [6.45, 7) is 0. The molecule has 1 heterocycles. The van der Waals surface area contributed by atoms with E-state index in [1.54, 1.807) is 0 Å². The highest BCUT2D eigenvalue weighted by molar-refractivity contribution is 7.80. The van der Waals surface area contributed by atoms with Gasteiger partial charge in [-0.2, -0.15) is 0 Å². The molecule has 1 aromatic carbocycles. The monoisotopic (exact) mass is 267 g/mol. The second-order valence-corrected chi connectivity index (χ2v) is 4.14. The molecule has 0 saturated heterocycles. The van der Waals surface area contributed by atoms with Crippen molar-refractivity contribution >= 4 is 29.0 Å². The third-order valence-corrected chi connectivity index (χ3v) is 2.95. The molecule has 0 bridgehead atoms. The second-order valence-electron chi connectivity index (χ2n) is 3.77. The van der Waals surface area contributed by atoms with E-state index < -0.39 is 11.8 Å². The molecule has 6 heteroatoms. The van der Waals surface area contributed by atoms with E-state index in [-0.39, 0.29) is 11.6 Å². The lowest BCUT2D eigenvalue weighted by Gasteiger charge is -2.37. The van der Waals surface area contributed by atoms with Crippen molar-refractivity contribution in [2.24, 2.45) is 0 Å². The number of carbonyl (C=O) groups excluding carboxylic acids is 1. The minimum atomic E-state index is -1.23. The molecule has 1 unspecified atom stereocenters. The number of hydrogen-bond acceptors (Lipinski definition) is 5. The van der Waals surface area contributed by atoms with Crippen LogP contribution < -0.4 is 5.32 Å². The minimum absolute atomic E-state index is 0.0706. The zero-order valence-electron chi connectivity index (χ0n) is 10.1. The van der Waals surface area contributed by atoms with Gasteiger partial charge in [0.15, 0.2) is 0 Å². The maximum absolute atomic E-state index is 11.5. The SMILES string of the molecule is COC(=O)CC1(OC)OC(=S)Nc2ccccc21. The summed E-state index contributed by atoms with van der Waals surface area (Å²) in [4.78, 5) is 11.5. The van der Waals surface area contributed by atoms with E-state index in [1.165, 1.54) is 14.2 Å². The Bertz CT molecular complexity index is 491. The van der Waals surface area contributed by atoms with Crippen molar-refractivity contribution in [3.63, 3.8) is 0 Å². The highest BCUT2D eigenvalue weighted by atomic mass is 32.1. The van der Waals surface area contributed by atoms with E-state index in [0.29, 0.717) is 5.56 Å². The van der Waals surface area contributed by atoms with Gasteiger partial charge in [-0.15, -0.1) is 0 Å². The van der Waals surface area contributed by atoms with E-state index in [1.807, 2.05) is 24.3 Å². The topological polar surface area (TPSA) is 56.8 Å². The Morgan fingerprint density at radius 1 is 1.44 bits per heavy atom. The maximum atomic E-state index is 11.5. The summed E-state index contributed by atoms with van der Waals surface area (Å²) in [5.41, 5.74) is 1.48. The molecule has 96 valence electrons. The third kappa shape index (κ3) is 2.16. The van der Waals surface area contributed by atoms with Crippen molar-refractivity contribution in [3.8, 4) is 0 Å². The fourth-order valence-electron chi connectivity index (χ4n) is 1.88. The van der Waals surface area contributed by atoms with Gasteiger partial charge in [-0.05, 0) is 18.3 Å². The molecular formula is C12H13NO4S. The quantitative estimate of drug-likeness (QED) is 0.665. The molecule has 1 aliphatic rings. The number of para-hydroxylation sites is 1. The summed E-state index contributed by atoms with van der Waals surface area (Å²) in [6.07, 6.45) is -0.0706. The molecule has 0 amide bonds. The molecule has 0 radical (unpaired) electrons. The van der Waals surface area contributed by atoms with Crippen molar-refractivity contribution < 1.29 is 19.0 Å². The van der Waals surface area contributed by atoms with Gasteiger partial charge in [0, 0.05) is 12.7 Å². The molecular weight excluding hydrogens is 254 g/mol. The van der Waals surface area contributed by atoms with Gasteiger partial charge in [0.1, 0.15) is 6.42 Å². The largest absolute Gasteiger partial charge is 0.469 e. The molecule has 1 aliphatic heterocycles. The number of anilines is 1. The molecule has 0 spiro atoms. The number of thiocarbonyl (C=S) groups is 1. The number of fused-ring (bicyclic) bond motifs is 1. The molecule has 18 heavy (non-hydrogen) atoms. The lowest BCUT2D eigenvalue weighted by Crippen LogP contribution is -2.42. The van der Waals surface area contributed by atoms with Crippen LogP contribution in [0.15, 0.2) is 24.3 Å². The van der Waals surface area contributed by atoms with Crippen LogP contribution in [-0.2, 0) is 24.8 Å². The Balaban J connectivity index is 2.46. The van der Waals surface area contributed by atoms with Gasteiger partial charge < -0.3 is 19.5 Å². The van der Waals surface area contributed by atoms with Gasteiger partial charge in [-0.1, -0.05) is 18.2 Å². The van der Waals surface area contributed by atoms with Gasteiger partial charge in [0.25, 0.3) is 11.0 Å². The zero-order chi connectivity index (χ0) is 13.2. The molecule has 1 N–H and O–H groups in total. The highest BCUT2D eigenvalue weighted by Crippen LogP contribution is 2.39. The van der Waals surface area contributed by atoms with Gasteiger partial charge in [0.05, 0.1) is 12.8 Å². The van der Waals surface area contributed by atoms with Crippen LogP contribution in [0.3, 0.4) is 0 Å². The summed E-state index contributed by atoms with van der Waals surface area (Å²) in [5.74, 6) is -1.66. The first-order chi connectivity index (χ1) is 8.61. The number of benzene rings is 1. The van der Waals surface area contributed by atoms with E-state index in [0.717, 1.165) is 5.69 Å². The molecule has 1 atom stereocenters. The average Bonchev–Trinajstić information content (AvgIpc) is 2.38. The number of carbonyl (C=O) groups is 1. The summed E-state index contributed by atoms with van der Waals surface area (Å²) >= 11 is 5.02. The Hall–Kier alpha value is -1.66. The fourth-order valence-corrected chi connectivity index (χ4v) is 2.13. The van der Waals surface area contributed by atoms with Crippen molar-refractivity contribution in [1.82, 2.24) is 0 Å². The van der Waals surface area contributed by atoms with Crippen LogP contribution in [0.25, 0.3) is 0 Å². The molecule has 2 rings (SSSR count). The lowest BCUT2D eigenvalue weighted by molar-refractivity contribution is -0.197. The summed E-state index contributed by atoms with van der Waals surface area (Å²) in [7, 11) is 2.78. The Labute approximate surface area is 110 Å². The molecule has 5 nitrogen and oxygen atoms in total. The number of rotatable bonds is 3. The number of methoxy groups -OCH3 is 2. The fraction of sp³-hybridized carbons (Fsp3) is 0.333. The first-order valence-electron chi connectivity index (χ1n) is 5.33. The van der Waals surface area contributed by atoms with Crippen LogP contribution in [-0.4, -0.2) is 25.4 Å². The van der Waals surface area contributed by atoms with E-state index in [4.69, 9.17) is 21.7 Å². The Morgan fingerprint density at radius 3 is 2.83 bits per heavy atom. The molecule has 0 fully saturated rings. The summed E-state index contributed by atoms with van der Waals surface area (Å²) in [6, 6.07) is 7.35. The molecule has 0 aliphatic carbocycles. The predicted octanol–water partition coefficient (Wildman–Crippen LogP) is 1.78. The van der Waals surface area contributed by atoms with Crippen LogP contribution >= 0.6 is 12.2 Å². The average molecular weight is 267 g/mol. The molecule has 1 aromatic rings. The summed E-state index contributed by atoms with van der Waals surface area (Å²) in [5, 5.41) is 3.08. The first-order valence-corrected chi connectivity index (χ1v) is 5.73. The van der Waals surface area contributed by atoms with Crippen LogP contribution in [0, 0.1) is 0 Å². The first kappa shape index (κ1) is 12.8. The summed E-state index contributed by atoms with van der Waals surface area (Å²) < 4.78 is 15.6.